The van der Waals surface area contributed by atoms with E-state index in [1.165, 1.54) is 16.7 Å². The van der Waals surface area contributed by atoms with E-state index in [-0.39, 0.29) is 0 Å². The van der Waals surface area contributed by atoms with Gasteiger partial charge in [-0.1, -0.05) is 24.3 Å². The minimum Gasteiger partial charge on any atom is -0.494 e. The van der Waals surface area contributed by atoms with E-state index in [0.29, 0.717) is 11.7 Å². The zero-order valence-corrected chi connectivity index (χ0v) is 15.5. The number of thiocarbonyl (C=S) groups is 1. The molecule has 4 heteroatoms. The normalized spacial score (nSPS) is 10.3. The van der Waals surface area contributed by atoms with Gasteiger partial charge in [0.25, 0.3) is 0 Å². The molecule has 128 valence electrons. The molecule has 0 radical (unpaired) electrons. The van der Waals surface area contributed by atoms with Crippen LogP contribution in [0.1, 0.15) is 30.0 Å². The molecular weight excluding hydrogens is 316 g/mol. The zero-order chi connectivity index (χ0) is 17.4. The summed E-state index contributed by atoms with van der Waals surface area (Å²) in [5.41, 5.74) is 4.80. The molecule has 2 rings (SSSR count). The Hall–Kier alpha value is -2.07. The van der Waals surface area contributed by atoms with Crippen LogP contribution in [0, 0.1) is 13.8 Å². The molecule has 24 heavy (non-hydrogen) atoms. The van der Waals surface area contributed by atoms with Gasteiger partial charge in [0.05, 0.1) is 6.61 Å². The fourth-order valence-corrected chi connectivity index (χ4v) is 2.66. The van der Waals surface area contributed by atoms with Crippen molar-refractivity contribution in [2.24, 2.45) is 0 Å². The minimum atomic E-state index is 0.676. The average molecular weight is 343 g/mol. The van der Waals surface area contributed by atoms with E-state index in [9.17, 15) is 0 Å². The zero-order valence-electron chi connectivity index (χ0n) is 14.7. The molecule has 0 saturated heterocycles. The van der Waals surface area contributed by atoms with Crippen LogP contribution < -0.4 is 15.4 Å². The molecule has 0 atom stereocenters. The molecule has 0 fully saturated rings. The Morgan fingerprint density at radius 3 is 2.54 bits per heavy atom. The molecule has 0 heterocycles. The van der Waals surface area contributed by atoms with Gasteiger partial charge in [-0.3, -0.25) is 0 Å². The molecule has 2 aromatic rings. The summed E-state index contributed by atoms with van der Waals surface area (Å²) in [6.07, 6.45) is 2.05. The van der Waals surface area contributed by atoms with Crippen LogP contribution >= 0.6 is 12.2 Å². The SMILES string of the molecule is CCOc1ccc(CCCNC(=S)Nc2cc(C)ccc2C)cc1. The van der Waals surface area contributed by atoms with Gasteiger partial charge in [0.1, 0.15) is 5.75 Å². The number of hydrogen-bond acceptors (Lipinski definition) is 2. The second-order valence-electron chi connectivity index (χ2n) is 5.88. The quantitative estimate of drug-likeness (QED) is 0.568. The standard InChI is InChI=1S/C20H26N2OS/c1-4-23-18-11-9-17(10-12-18)6-5-13-21-20(24)22-19-14-15(2)7-8-16(19)3/h7-12,14H,4-6,13H2,1-3H3,(H2,21,22,24). The van der Waals surface area contributed by atoms with Crippen molar-refractivity contribution in [1.82, 2.24) is 5.32 Å². The first kappa shape index (κ1) is 18.3. The lowest BCUT2D eigenvalue weighted by Crippen LogP contribution is -2.29. The fourth-order valence-electron chi connectivity index (χ4n) is 2.45. The van der Waals surface area contributed by atoms with E-state index >= 15 is 0 Å². The number of benzene rings is 2. The number of nitrogens with one attached hydrogen (secondary N) is 2. The highest BCUT2D eigenvalue weighted by atomic mass is 32.1. The molecule has 0 aliphatic rings. The molecule has 0 amide bonds. The second-order valence-corrected chi connectivity index (χ2v) is 6.29. The summed E-state index contributed by atoms with van der Waals surface area (Å²) in [7, 11) is 0. The van der Waals surface area contributed by atoms with Crippen molar-refractivity contribution in [3.63, 3.8) is 0 Å². The third-order valence-electron chi connectivity index (χ3n) is 3.80. The summed E-state index contributed by atoms with van der Waals surface area (Å²) < 4.78 is 5.45. The number of anilines is 1. The molecule has 2 N–H and O–H groups in total. The van der Waals surface area contributed by atoms with Crippen LogP contribution in [0.5, 0.6) is 5.75 Å². The molecule has 0 saturated carbocycles. The van der Waals surface area contributed by atoms with Gasteiger partial charge in [0.2, 0.25) is 0 Å². The summed E-state index contributed by atoms with van der Waals surface area (Å²) in [6, 6.07) is 14.6. The Morgan fingerprint density at radius 1 is 1.08 bits per heavy atom. The van der Waals surface area contributed by atoms with Crippen LogP contribution in [0.3, 0.4) is 0 Å². The van der Waals surface area contributed by atoms with E-state index in [0.717, 1.165) is 30.8 Å². The molecule has 0 aliphatic heterocycles. The Balaban J connectivity index is 1.71. The Morgan fingerprint density at radius 2 is 1.83 bits per heavy atom. The topological polar surface area (TPSA) is 33.3 Å². The van der Waals surface area contributed by atoms with Crippen LogP contribution in [0.4, 0.5) is 5.69 Å². The smallest absolute Gasteiger partial charge is 0.170 e. The van der Waals surface area contributed by atoms with Gasteiger partial charge in [-0.2, -0.15) is 0 Å². The van der Waals surface area contributed by atoms with E-state index in [1.54, 1.807) is 0 Å². The maximum absolute atomic E-state index is 5.45. The van der Waals surface area contributed by atoms with Crippen molar-refractivity contribution < 1.29 is 4.74 Å². The number of hydrogen-bond donors (Lipinski definition) is 2. The van der Waals surface area contributed by atoms with Crippen LogP contribution in [0.15, 0.2) is 42.5 Å². The maximum atomic E-state index is 5.45. The van der Waals surface area contributed by atoms with Gasteiger partial charge in [-0.05, 0) is 80.7 Å². The second kappa shape index (κ2) is 9.28. The monoisotopic (exact) mass is 342 g/mol. The van der Waals surface area contributed by atoms with Crippen LogP contribution in [-0.4, -0.2) is 18.3 Å². The third kappa shape index (κ3) is 5.85. The summed E-state index contributed by atoms with van der Waals surface area (Å²) >= 11 is 5.38. The van der Waals surface area contributed by atoms with E-state index < -0.39 is 0 Å². The van der Waals surface area contributed by atoms with Gasteiger partial charge in [-0.25, -0.2) is 0 Å². The number of aryl methyl sites for hydroxylation is 3. The van der Waals surface area contributed by atoms with Gasteiger partial charge >= 0.3 is 0 Å². The summed E-state index contributed by atoms with van der Waals surface area (Å²) in [5.74, 6) is 0.929. The van der Waals surface area contributed by atoms with Crippen molar-refractivity contribution in [2.45, 2.75) is 33.6 Å². The van der Waals surface area contributed by atoms with Gasteiger partial charge in [-0.15, -0.1) is 0 Å². The first-order valence-corrected chi connectivity index (χ1v) is 8.83. The lowest BCUT2D eigenvalue weighted by molar-refractivity contribution is 0.340. The molecule has 3 nitrogen and oxygen atoms in total. The predicted molar refractivity (Wildman–Crippen MR) is 106 cm³/mol. The highest BCUT2D eigenvalue weighted by molar-refractivity contribution is 7.80. The van der Waals surface area contributed by atoms with Crippen molar-refractivity contribution in [1.29, 1.82) is 0 Å². The van der Waals surface area contributed by atoms with E-state index in [4.69, 9.17) is 17.0 Å². The first-order chi connectivity index (χ1) is 11.6. The summed E-state index contributed by atoms with van der Waals surface area (Å²) in [5, 5.41) is 7.23. The average Bonchev–Trinajstić information content (AvgIpc) is 2.57. The first-order valence-electron chi connectivity index (χ1n) is 8.42. The minimum absolute atomic E-state index is 0.676. The molecule has 0 aromatic heterocycles. The van der Waals surface area contributed by atoms with Crippen LogP contribution in [0.25, 0.3) is 0 Å². The molecule has 0 aliphatic carbocycles. The molecular formula is C20H26N2OS. The maximum Gasteiger partial charge on any atom is 0.170 e. The van der Waals surface area contributed by atoms with Gasteiger partial charge in [0, 0.05) is 12.2 Å². The highest BCUT2D eigenvalue weighted by Gasteiger charge is 2.02. The lowest BCUT2D eigenvalue weighted by Gasteiger charge is -2.13. The van der Waals surface area contributed by atoms with Crippen molar-refractivity contribution in [3.05, 3.63) is 59.2 Å². The highest BCUT2D eigenvalue weighted by Crippen LogP contribution is 2.16. The van der Waals surface area contributed by atoms with Crippen LogP contribution in [0.2, 0.25) is 0 Å². The van der Waals surface area contributed by atoms with Crippen LogP contribution in [-0.2, 0) is 6.42 Å². The molecule has 0 unspecified atom stereocenters. The Kier molecular flexibility index (Phi) is 7.07. The summed E-state index contributed by atoms with van der Waals surface area (Å²) in [6.45, 7) is 7.71. The number of ether oxygens (including phenoxy) is 1. The van der Waals surface area contributed by atoms with E-state index in [1.807, 2.05) is 19.1 Å². The number of rotatable bonds is 7. The molecule has 0 bridgehead atoms. The lowest BCUT2D eigenvalue weighted by atomic mass is 10.1. The predicted octanol–water partition coefficient (Wildman–Crippen LogP) is 4.62. The largest absolute Gasteiger partial charge is 0.494 e. The van der Waals surface area contributed by atoms with Crippen molar-refractivity contribution >= 4 is 23.0 Å². The van der Waals surface area contributed by atoms with Gasteiger partial charge in [0.15, 0.2) is 5.11 Å². The van der Waals surface area contributed by atoms with Gasteiger partial charge < -0.3 is 15.4 Å². The fraction of sp³-hybridized carbons (Fsp3) is 0.350. The Bertz CT molecular complexity index is 668. The third-order valence-corrected chi connectivity index (χ3v) is 4.05. The van der Waals surface area contributed by atoms with Crippen molar-refractivity contribution in [2.75, 3.05) is 18.5 Å². The Labute approximate surface area is 150 Å². The molecule has 0 spiro atoms. The molecule has 2 aromatic carbocycles. The summed E-state index contributed by atoms with van der Waals surface area (Å²) in [4.78, 5) is 0. The van der Waals surface area contributed by atoms with E-state index in [2.05, 4.69) is 54.8 Å². The van der Waals surface area contributed by atoms with Crippen molar-refractivity contribution in [3.8, 4) is 5.75 Å².